The number of methoxy groups -OCH3 is 1. The Morgan fingerprint density at radius 3 is 2.71 bits per heavy atom. The SMILES string of the molecule is CCn1ncc(C(=O)N2CCC(c3nc(N(C)C)ncc3C(=O)NCCOC)C2)c1C. The van der Waals surface area contributed by atoms with Crippen LogP contribution in [0.1, 0.15) is 51.4 Å². The Balaban J connectivity index is 1.82. The summed E-state index contributed by atoms with van der Waals surface area (Å²) in [5.41, 5.74) is 2.60. The Morgan fingerprint density at radius 1 is 1.29 bits per heavy atom. The molecule has 10 heteroatoms. The van der Waals surface area contributed by atoms with Gasteiger partial charge in [-0.1, -0.05) is 0 Å². The molecule has 0 radical (unpaired) electrons. The van der Waals surface area contributed by atoms with Crippen molar-refractivity contribution in [1.29, 1.82) is 0 Å². The predicted molar refractivity (Wildman–Crippen MR) is 116 cm³/mol. The van der Waals surface area contributed by atoms with Gasteiger partial charge in [-0.2, -0.15) is 5.10 Å². The van der Waals surface area contributed by atoms with E-state index in [-0.39, 0.29) is 17.7 Å². The number of anilines is 1. The van der Waals surface area contributed by atoms with Crippen molar-refractivity contribution in [3.63, 3.8) is 0 Å². The maximum Gasteiger partial charge on any atom is 0.257 e. The first kappa shape index (κ1) is 22.7. The molecule has 0 spiro atoms. The monoisotopic (exact) mass is 429 g/mol. The van der Waals surface area contributed by atoms with Crippen molar-refractivity contribution in [3.05, 3.63) is 34.9 Å². The van der Waals surface area contributed by atoms with Crippen molar-refractivity contribution >= 4 is 17.8 Å². The first-order valence-corrected chi connectivity index (χ1v) is 10.5. The van der Waals surface area contributed by atoms with Crippen LogP contribution in [0.15, 0.2) is 12.4 Å². The third-order valence-corrected chi connectivity index (χ3v) is 5.54. The van der Waals surface area contributed by atoms with Crippen LogP contribution >= 0.6 is 0 Å². The van der Waals surface area contributed by atoms with Crippen molar-refractivity contribution in [2.24, 2.45) is 0 Å². The van der Waals surface area contributed by atoms with E-state index in [0.717, 1.165) is 18.7 Å². The molecule has 2 aromatic rings. The standard InChI is InChI=1S/C21H31N7O3/c1-6-28-14(2)16(12-24-28)20(30)27-9-7-15(13-27)18-17(19(29)22-8-10-31-5)11-23-21(25-18)26(3)4/h11-12,15H,6-10,13H2,1-5H3,(H,22,29). The summed E-state index contributed by atoms with van der Waals surface area (Å²) in [7, 11) is 5.30. The van der Waals surface area contributed by atoms with E-state index in [1.165, 1.54) is 0 Å². The summed E-state index contributed by atoms with van der Waals surface area (Å²) in [6, 6.07) is 0. The van der Waals surface area contributed by atoms with Crippen LogP contribution in [-0.4, -0.2) is 83.9 Å². The normalized spacial score (nSPS) is 15.9. The van der Waals surface area contributed by atoms with Gasteiger partial charge in [-0.25, -0.2) is 9.97 Å². The second-order valence-corrected chi connectivity index (χ2v) is 7.81. The number of ether oxygens (including phenoxy) is 1. The second kappa shape index (κ2) is 9.86. The molecule has 168 valence electrons. The van der Waals surface area contributed by atoms with E-state index in [4.69, 9.17) is 4.74 Å². The average Bonchev–Trinajstić information content (AvgIpc) is 3.39. The Morgan fingerprint density at radius 2 is 2.06 bits per heavy atom. The zero-order valence-corrected chi connectivity index (χ0v) is 18.9. The number of likely N-dealkylation sites (tertiary alicyclic amines) is 1. The highest BCUT2D eigenvalue weighted by Crippen LogP contribution is 2.30. The summed E-state index contributed by atoms with van der Waals surface area (Å²) in [4.78, 5) is 38.4. The molecule has 0 saturated carbocycles. The van der Waals surface area contributed by atoms with Crippen LogP contribution in [0.2, 0.25) is 0 Å². The minimum Gasteiger partial charge on any atom is -0.383 e. The molecule has 2 amide bonds. The molecule has 1 N–H and O–H groups in total. The molecule has 31 heavy (non-hydrogen) atoms. The number of hydrogen-bond donors (Lipinski definition) is 1. The highest BCUT2D eigenvalue weighted by Gasteiger charge is 2.33. The number of aryl methyl sites for hydroxylation is 1. The van der Waals surface area contributed by atoms with Crippen LogP contribution in [0.5, 0.6) is 0 Å². The Bertz CT molecular complexity index is 941. The van der Waals surface area contributed by atoms with E-state index in [1.54, 1.807) is 24.4 Å². The van der Waals surface area contributed by atoms with Gasteiger partial charge in [-0.3, -0.25) is 14.3 Å². The lowest BCUT2D eigenvalue weighted by molar-refractivity contribution is 0.0789. The van der Waals surface area contributed by atoms with Gasteiger partial charge in [0.1, 0.15) is 0 Å². The van der Waals surface area contributed by atoms with E-state index >= 15 is 0 Å². The third kappa shape index (κ3) is 4.84. The highest BCUT2D eigenvalue weighted by molar-refractivity contribution is 5.96. The molecule has 1 saturated heterocycles. The number of carbonyl (C=O) groups excluding carboxylic acids is 2. The van der Waals surface area contributed by atoms with E-state index in [9.17, 15) is 9.59 Å². The molecule has 0 aliphatic carbocycles. The molecule has 10 nitrogen and oxygen atoms in total. The lowest BCUT2D eigenvalue weighted by atomic mass is 9.99. The predicted octanol–water partition coefficient (Wildman–Crippen LogP) is 1.07. The molecule has 1 unspecified atom stereocenters. The molecule has 1 aliphatic heterocycles. The number of rotatable bonds is 8. The molecular formula is C21H31N7O3. The van der Waals surface area contributed by atoms with Crippen LogP contribution in [-0.2, 0) is 11.3 Å². The van der Waals surface area contributed by atoms with Crippen LogP contribution < -0.4 is 10.2 Å². The van der Waals surface area contributed by atoms with Crippen molar-refractivity contribution in [3.8, 4) is 0 Å². The van der Waals surface area contributed by atoms with Crippen molar-refractivity contribution < 1.29 is 14.3 Å². The lowest BCUT2D eigenvalue weighted by Gasteiger charge is -2.19. The fourth-order valence-corrected chi connectivity index (χ4v) is 3.76. The first-order chi connectivity index (χ1) is 14.9. The molecular weight excluding hydrogens is 398 g/mol. The third-order valence-electron chi connectivity index (χ3n) is 5.54. The number of nitrogens with zero attached hydrogens (tertiary/aromatic N) is 6. The van der Waals surface area contributed by atoms with Gasteiger partial charge in [0.15, 0.2) is 0 Å². The Hall–Kier alpha value is -3.01. The van der Waals surface area contributed by atoms with Gasteiger partial charge in [-0.15, -0.1) is 0 Å². The quantitative estimate of drug-likeness (QED) is 0.626. The number of carbonyl (C=O) groups is 2. The molecule has 2 aromatic heterocycles. The highest BCUT2D eigenvalue weighted by atomic mass is 16.5. The molecule has 0 bridgehead atoms. The van der Waals surface area contributed by atoms with Gasteiger partial charge in [0.2, 0.25) is 5.95 Å². The molecule has 3 heterocycles. The van der Waals surface area contributed by atoms with Crippen LogP contribution in [0.25, 0.3) is 0 Å². The zero-order valence-electron chi connectivity index (χ0n) is 18.9. The van der Waals surface area contributed by atoms with Crippen molar-refractivity contribution in [1.82, 2.24) is 30.0 Å². The number of hydrogen-bond acceptors (Lipinski definition) is 7. The van der Waals surface area contributed by atoms with E-state index < -0.39 is 0 Å². The van der Waals surface area contributed by atoms with Gasteiger partial charge < -0.3 is 19.9 Å². The van der Waals surface area contributed by atoms with Gasteiger partial charge in [0, 0.05) is 65.2 Å². The Labute approximate surface area is 182 Å². The maximum atomic E-state index is 13.1. The zero-order chi connectivity index (χ0) is 22.5. The van der Waals surface area contributed by atoms with Crippen molar-refractivity contribution in [2.45, 2.75) is 32.7 Å². The smallest absolute Gasteiger partial charge is 0.257 e. The average molecular weight is 430 g/mol. The summed E-state index contributed by atoms with van der Waals surface area (Å²) in [6.07, 6.45) is 3.94. The van der Waals surface area contributed by atoms with Crippen LogP contribution in [0.3, 0.4) is 0 Å². The minimum absolute atomic E-state index is 0.0346. The van der Waals surface area contributed by atoms with Gasteiger partial charge >= 0.3 is 0 Å². The number of aromatic nitrogens is 4. The Kier molecular flexibility index (Phi) is 7.21. The topological polar surface area (TPSA) is 105 Å². The summed E-state index contributed by atoms with van der Waals surface area (Å²) in [5.74, 6) is 0.221. The summed E-state index contributed by atoms with van der Waals surface area (Å²) >= 11 is 0. The summed E-state index contributed by atoms with van der Waals surface area (Å²) in [5, 5.41) is 7.13. The largest absolute Gasteiger partial charge is 0.383 e. The second-order valence-electron chi connectivity index (χ2n) is 7.81. The maximum absolute atomic E-state index is 13.1. The molecule has 1 aliphatic rings. The molecule has 0 aromatic carbocycles. The number of nitrogens with one attached hydrogen (secondary N) is 1. The van der Waals surface area contributed by atoms with E-state index in [0.29, 0.717) is 49.0 Å². The summed E-state index contributed by atoms with van der Waals surface area (Å²) in [6.45, 7) is 6.56. The molecule has 1 fully saturated rings. The minimum atomic E-state index is -0.234. The van der Waals surface area contributed by atoms with Crippen LogP contribution in [0, 0.1) is 6.92 Å². The van der Waals surface area contributed by atoms with Gasteiger partial charge in [-0.05, 0) is 20.3 Å². The van der Waals surface area contributed by atoms with Gasteiger partial charge in [0.05, 0.1) is 29.6 Å². The first-order valence-electron chi connectivity index (χ1n) is 10.5. The summed E-state index contributed by atoms with van der Waals surface area (Å²) < 4.78 is 6.82. The lowest BCUT2D eigenvalue weighted by Crippen LogP contribution is -2.31. The fourth-order valence-electron chi connectivity index (χ4n) is 3.76. The molecule has 3 rings (SSSR count). The van der Waals surface area contributed by atoms with E-state index in [1.807, 2.05) is 37.5 Å². The molecule has 1 atom stereocenters. The van der Waals surface area contributed by atoms with E-state index in [2.05, 4.69) is 20.4 Å². The van der Waals surface area contributed by atoms with Crippen LogP contribution in [0.4, 0.5) is 5.95 Å². The van der Waals surface area contributed by atoms with Gasteiger partial charge in [0.25, 0.3) is 11.8 Å². The van der Waals surface area contributed by atoms with Crippen molar-refractivity contribution in [2.75, 3.05) is 52.3 Å². The fraction of sp³-hybridized carbons (Fsp3) is 0.571. The number of amides is 2.